The van der Waals surface area contributed by atoms with Crippen molar-refractivity contribution in [2.75, 3.05) is 0 Å². The lowest BCUT2D eigenvalue weighted by molar-refractivity contribution is -0.141. The molecule has 176 valence electrons. The van der Waals surface area contributed by atoms with Gasteiger partial charge in [-0.15, -0.1) is 0 Å². The summed E-state index contributed by atoms with van der Waals surface area (Å²) in [5, 5.41) is -0.685. The lowest BCUT2D eigenvalue weighted by Crippen LogP contribution is -2.53. The van der Waals surface area contributed by atoms with Gasteiger partial charge in [-0.3, -0.25) is 19.7 Å². The van der Waals surface area contributed by atoms with E-state index in [9.17, 15) is 18.0 Å². The minimum atomic E-state index is -4.76. The molecule has 2 aliphatic heterocycles. The maximum atomic E-state index is 13.7. The van der Waals surface area contributed by atoms with E-state index in [0.717, 1.165) is 18.2 Å². The van der Waals surface area contributed by atoms with E-state index >= 15 is 0 Å². The second-order valence-corrected chi connectivity index (χ2v) is 9.04. The van der Waals surface area contributed by atoms with Crippen molar-refractivity contribution in [3.63, 3.8) is 0 Å². The van der Waals surface area contributed by atoms with Crippen LogP contribution < -0.4 is 0 Å². The third-order valence-electron chi connectivity index (χ3n) is 6.49. The van der Waals surface area contributed by atoms with Gasteiger partial charge in [-0.1, -0.05) is 18.5 Å². The Kier molecular flexibility index (Phi) is 5.50. The first-order valence-electron chi connectivity index (χ1n) is 10.8. The molecule has 11 heteroatoms. The van der Waals surface area contributed by atoms with Crippen molar-refractivity contribution in [3.8, 4) is 11.4 Å². The van der Waals surface area contributed by atoms with Crippen LogP contribution in [0.5, 0.6) is 0 Å². The van der Waals surface area contributed by atoms with Gasteiger partial charge in [-0.05, 0) is 38.2 Å². The summed E-state index contributed by atoms with van der Waals surface area (Å²) in [5.41, 5.74) is 1.41. The number of aromatic nitrogens is 5. The number of pyridine rings is 1. The van der Waals surface area contributed by atoms with Crippen LogP contribution in [0, 0.1) is 12.8 Å². The Hall–Kier alpha value is -3.14. The van der Waals surface area contributed by atoms with Gasteiger partial charge in [0.1, 0.15) is 11.5 Å². The number of carbonyl (C=O) groups excluding carboxylic acids is 1. The van der Waals surface area contributed by atoms with E-state index in [0.29, 0.717) is 35.7 Å². The number of hydrogen-bond acceptors (Lipinski definition) is 6. The molecule has 1 fully saturated rings. The Morgan fingerprint density at radius 3 is 2.65 bits per heavy atom. The number of aryl methyl sites for hydroxylation is 1. The first-order chi connectivity index (χ1) is 16.2. The fourth-order valence-corrected chi connectivity index (χ4v) is 5.32. The second-order valence-electron chi connectivity index (χ2n) is 8.66. The van der Waals surface area contributed by atoms with E-state index < -0.39 is 28.8 Å². The quantitative estimate of drug-likeness (QED) is 0.513. The lowest BCUT2D eigenvalue weighted by Gasteiger charge is -2.49. The molecule has 0 radical (unpaired) electrons. The first-order valence-corrected chi connectivity index (χ1v) is 11.2. The fourth-order valence-electron chi connectivity index (χ4n) is 5.03. The van der Waals surface area contributed by atoms with Crippen molar-refractivity contribution < 1.29 is 18.0 Å². The van der Waals surface area contributed by atoms with Crippen LogP contribution >= 0.6 is 11.6 Å². The van der Waals surface area contributed by atoms with Crippen LogP contribution in [0.4, 0.5) is 13.2 Å². The van der Waals surface area contributed by atoms with Crippen LogP contribution in [0.1, 0.15) is 58.9 Å². The SMILES string of the molecule is Cc1nc(-c2cnccn2)c2c(n1)[C@H]1[C@H](C)CC[C@@H](C2)N1C(=O)c1ccnc(C(F)(F)F)c1Cl. The van der Waals surface area contributed by atoms with Crippen molar-refractivity contribution >= 4 is 17.5 Å². The smallest absolute Gasteiger partial charge is 0.326 e. The van der Waals surface area contributed by atoms with Gasteiger partial charge in [-0.2, -0.15) is 13.2 Å². The second kappa shape index (κ2) is 8.26. The van der Waals surface area contributed by atoms with Crippen LogP contribution in [0.3, 0.4) is 0 Å². The summed E-state index contributed by atoms with van der Waals surface area (Å²) in [6, 6.07) is 0.582. The Labute approximate surface area is 198 Å². The molecule has 0 aliphatic carbocycles. The molecular weight excluding hydrogens is 469 g/mol. The zero-order valence-corrected chi connectivity index (χ0v) is 19.1. The first kappa shape index (κ1) is 22.6. The highest BCUT2D eigenvalue weighted by Gasteiger charge is 2.47. The van der Waals surface area contributed by atoms with Gasteiger partial charge in [0.05, 0.1) is 34.2 Å². The molecule has 0 spiro atoms. The van der Waals surface area contributed by atoms with Gasteiger partial charge in [-0.25, -0.2) is 9.97 Å². The summed E-state index contributed by atoms with van der Waals surface area (Å²) in [5.74, 6) is -0.00213. The molecule has 3 atom stereocenters. The lowest BCUT2D eigenvalue weighted by atomic mass is 9.76. The number of amides is 1. The molecule has 2 bridgehead atoms. The van der Waals surface area contributed by atoms with E-state index in [-0.39, 0.29) is 17.5 Å². The zero-order chi connectivity index (χ0) is 24.2. The van der Waals surface area contributed by atoms with Crippen LogP contribution in [0.15, 0.2) is 30.9 Å². The normalized spacial score (nSPS) is 21.8. The van der Waals surface area contributed by atoms with E-state index in [1.807, 2.05) is 6.92 Å². The topological polar surface area (TPSA) is 84.8 Å². The predicted molar refractivity (Wildman–Crippen MR) is 117 cm³/mol. The molecule has 0 saturated carbocycles. The summed E-state index contributed by atoms with van der Waals surface area (Å²) in [4.78, 5) is 36.6. The van der Waals surface area contributed by atoms with Crippen molar-refractivity contribution in [2.45, 2.75) is 51.4 Å². The summed E-state index contributed by atoms with van der Waals surface area (Å²) in [6.07, 6.45) is 3.03. The summed E-state index contributed by atoms with van der Waals surface area (Å²) in [7, 11) is 0. The average Bonchev–Trinajstić information content (AvgIpc) is 2.80. The standard InChI is InChI=1S/C23H20ClF3N6O/c1-11-3-4-13-9-15-18(16-10-28-7-8-29-16)31-12(2)32-19(15)20(11)33(13)22(34)14-5-6-30-21(17(14)24)23(25,26)27/h5-8,10-11,13,20H,3-4,9H2,1-2H3/t11-,13+,20-/m1/s1. The number of carbonyl (C=O) groups is 1. The third kappa shape index (κ3) is 3.70. The van der Waals surface area contributed by atoms with E-state index in [4.69, 9.17) is 16.6 Å². The molecule has 3 aromatic rings. The van der Waals surface area contributed by atoms with Crippen LogP contribution in [-0.4, -0.2) is 41.8 Å². The number of fused-ring (bicyclic) bond motifs is 4. The summed E-state index contributed by atoms with van der Waals surface area (Å²) in [6.45, 7) is 3.78. The van der Waals surface area contributed by atoms with Gasteiger partial charge in [0.2, 0.25) is 0 Å². The Bertz CT molecular complexity index is 1270. The molecule has 5 rings (SSSR count). The highest BCUT2D eigenvalue weighted by molar-refractivity contribution is 6.34. The van der Waals surface area contributed by atoms with E-state index in [1.165, 1.54) is 6.07 Å². The van der Waals surface area contributed by atoms with Crippen LogP contribution in [0.2, 0.25) is 5.02 Å². The molecule has 5 heterocycles. The molecule has 3 aromatic heterocycles. The third-order valence-corrected chi connectivity index (χ3v) is 6.87. The molecule has 7 nitrogen and oxygen atoms in total. The fraction of sp³-hybridized carbons (Fsp3) is 0.391. The van der Waals surface area contributed by atoms with Crippen molar-refractivity contribution in [2.24, 2.45) is 5.92 Å². The molecule has 0 aromatic carbocycles. The number of hydrogen-bond donors (Lipinski definition) is 0. The molecule has 1 saturated heterocycles. The van der Waals surface area contributed by atoms with Gasteiger partial charge >= 0.3 is 6.18 Å². The predicted octanol–water partition coefficient (Wildman–Crippen LogP) is 4.85. The maximum absolute atomic E-state index is 13.7. The van der Waals surface area contributed by atoms with E-state index in [2.05, 4.69) is 19.9 Å². The Balaban J connectivity index is 1.64. The molecule has 0 N–H and O–H groups in total. The van der Waals surface area contributed by atoms with Crippen molar-refractivity contribution in [1.82, 2.24) is 29.8 Å². The number of nitrogens with zero attached hydrogens (tertiary/aromatic N) is 6. The minimum Gasteiger partial charge on any atom is -0.326 e. The van der Waals surface area contributed by atoms with Gasteiger partial charge in [0.15, 0.2) is 5.69 Å². The van der Waals surface area contributed by atoms with E-state index in [1.54, 1.807) is 30.4 Å². The zero-order valence-electron chi connectivity index (χ0n) is 18.3. The molecule has 1 amide bonds. The van der Waals surface area contributed by atoms with Gasteiger partial charge < -0.3 is 4.90 Å². The highest BCUT2D eigenvalue weighted by Crippen LogP contribution is 2.47. The van der Waals surface area contributed by atoms with Crippen molar-refractivity contribution in [1.29, 1.82) is 0 Å². The molecule has 2 aliphatic rings. The summed E-state index contributed by atoms with van der Waals surface area (Å²) >= 11 is 6.06. The number of alkyl halides is 3. The Morgan fingerprint density at radius 1 is 1.15 bits per heavy atom. The molecule has 0 unspecified atom stereocenters. The number of piperidine rings is 1. The van der Waals surface area contributed by atoms with Crippen molar-refractivity contribution in [3.05, 3.63) is 64.2 Å². The van der Waals surface area contributed by atoms with Crippen LogP contribution in [0.25, 0.3) is 11.4 Å². The molecule has 34 heavy (non-hydrogen) atoms. The minimum absolute atomic E-state index is 0.0333. The maximum Gasteiger partial charge on any atom is 0.434 e. The average molecular weight is 489 g/mol. The monoisotopic (exact) mass is 488 g/mol. The summed E-state index contributed by atoms with van der Waals surface area (Å²) < 4.78 is 40.1. The number of halogens is 4. The highest BCUT2D eigenvalue weighted by atomic mass is 35.5. The molecular formula is C23H20ClF3N6O. The van der Waals surface area contributed by atoms with Gasteiger partial charge in [0.25, 0.3) is 5.91 Å². The number of rotatable bonds is 2. The van der Waals surface area contributed by atoms with Gasteiger partial charge in [0, 0.05) is 30.2 Å². The van der Waals surface area contributed by atoms with Crippen LogP contribution in [-0.2, 0) is 12.6 Å². The Morgan fingerprint density at radius 2 is 1.94 bits per heavy atom. The largest absolute Gasteiger partial charge is 0.434 e.